The lowest BCUT2D eigenvalue weighted by Gasteiger charge is -2.24. The summed E-state index contributed by atoms with van der Waals surface area (Å²) < 4.78 is 5.94. The Kier molecular flexibility index (Phi) is 51.0. The second kappa shape index (κ2) is 52.3. The highest BCUT2D eigenvalue weighted by Crippen LogP contribution is 2.19. The van der Waals surface area contributed by atoms with E-state index in [0.29, 0.717) is 19.3 Å². The molecule has 0 aliphatic carbocycles. The molecule has 0 aromatic heterocycles. The van der Waals surface area contributed by atoms with Gasteiger partial charge in [-0.1, -0.05) is 270 Å². The number of allylic oxidation sites excluding steroid dienone is 4. The lowest BCUT2D eigenvalue weighted by Crippen LogP contribution is -2.46. The molecule has 0 fully saturated rings. The summed E-state index contributed by atoms with van der Waals surface area (Å²) in [4.78, 5) is 26.2. The molecule has 3 unspecified atom stereocenters. The third-order valence-corrected chi connectivity index (χ3v) is 13.3. The van der Waals surface area contributed by atoms with Crippen LogP contribution in [0.25, 0.3) is 0 Å². The molecule has 6 heteroatoms. The minimum Gasteiger partial charge on any atom is -0.462 e. The van der Waals surface area contributed by atoms with E-state index >= 15 is 0 Å². The van der Waals surface area contributed by atoms with Crippen molar-refractivity contribution in [1.82, 2.24) is 5.32 Å². The first-order valence-electron chi connectivity index (χ1n) is 28.6. The van der Waals surface area contributed by atoms with E-state index in [9.17, 15) is 19.8 Å². The highest BCUT2D eigenvalue weighted by molar-refractivity contribution is 5.77. The van der Waals surface area contributed by atoms with Crippen LogP contribution in [0.4, 0.5) is 0 Å². The van der Waals surface area contributed by atoms with Gasteiger partial charge in [-0.3, -0.25) is 9.59 Å². The molecule has 0 rings (SSSR count). The number of ether oxygens (including phenoxy) is 1. The van der Waals surface area contributed by atoms with Crippen LogP contribution < -0.4 is 5.32 Å². The van der Waals surface area contributed by atoms with Gasteiger partial charge in [0.15, 0.2) is 0 Å². The molecular formula is C58H111NO5. The van der Waals surface area contributed by atoms with E-state index in [1.807, 2.05) is 0 Å². The van der Waals surface area contributed by atoms with Crippen LogP contribution in [0.15, 0.2) is 24.3 Å². The predicted molar refractivity (Wildman–Crippen MR) is 278 cm³/mol. The number of aliphatic hydroxyl groups excluding tert-OH is 2. The molecule has 0 aliphatic heterocycles. The molecule has 0 heterocycles. The summed E-state index contributed by atoms with van der Waals surface area (Å²) in [5, 5.41) is 23.9. The van der Waals surface area contributed by atoms with Crippen LogP contribution in [0, 0.1) is 0 Å². The third kappa shape index (κ3) is 46.9. The fourth-order valence-electron chi connectivity index (χ4n) is 8.95. The van der Waals surface area contributed by atoms with Crippen LogP contribution in [0.1, 0.15) is 310 Å². The second-order valence-corrected chi connectivity index (χ2v) is 19.7. The van der Waals surface area contributed by atoms with Gasteiger partial charge in [0.1, 0.15) is 6.10 Å². The lowest BCUT2D eigenvalue weighted by atomic mass is 10.0. The van der Waals surface area contributed by atoms with E-state index in [1.54, 1.807) is 0 Å². The van der Waals surface area contributed by atoms with Crippen molar-refractivity contribution in [2.75, 3.05) is 6.61 Å². The van der Waals surface area contributed by atoms with Gasteiger partial charge in [0.2, 0.25) is 5.91 Å². The summed E-state index contributed by atoms with van der Waals surface area (Å²) in [5.41, 5.74) is 0. The summed E-state index contributed by atoms with van der Waals surface area (Å²) in [5.74, 6) is -0.487. The number of hydrogen-bond donors (Lipinski definition) is 3. The monoisotopic (exact) mass is 902 g/mol. The van der Waals surface area contributed by atoms with Crippen LogP contribution in [-0.4, -0.2) is 46.9 Å². The third-order valence-electron chi connectivity index (χ3n) is 13.3. The van der Waals surface area contributed by atoms with Crippen molar-refractivity contribution in [1.29, 1.82) is 0 Å². The zero-order chi connectivity index (χ0) is 46.7. The van der Waals surface area contributed by atoms with E-state index in [4.69, 9.17) is 4.74 Å². The molecule has 6 nitrogen and oxygen atoms in total. The summed E-state index contributed by atoms with van der Waals surface area (Å²) >= 11 is 0. The molecule has 3 atom stereocenters. The zero-order valence-corrected chi connectivity index (χ0v) is 43.2. The number of aliphatic hydroxyl groups is 2. The zero-order valence-electron chi connectivity index (χ0n) is 43.2. The predicted octanol–water partition coefficient (Wildman–Crippen LogP) is 17.5. The van der Waals surface area contributed by atoms with Gasteiger partial charge in [-0.05, 0) is 51.4 Å². The molecule has 64 heavy (non-hydrogen) atoms. The van der Waals surface area contributed by atoms with Gasteiger partial charge in [-0.2, -0.15) is 0 Å². The number of amides is 1. The van der Waals surface area contributed by atoms with Gasteiger partial charge in [0.25, 0.3) is 0 Å². The summed E-state index contributed by atoms with van der Waals surface area (Å²) in [6.07, 6.45) is 61.0. The van der Waals surface area contributed by atoms with Crippen molar-refractivity contribution in [2.24, 2.45) is 0 Å². The molecule has 3 N–H and O–H groups in total. The lowest BCUT2D eigenvalue weighted by molar-refractivity contribution is -0.151. The molecule has 378 valence electrons. The van der Waals surface area contributed by atoms with Gasteiger partial charge in [0, 0.05) is 6.42 Å². The normalized spacial score (nSPS) is 13.3. The average Bonchev–Trinajstić information content (AvgIpc) is 3.29. The Morgan fingerprint density at radius 3 is 1.16 bits per heavy atom. The molecule has 0 aromatic carbocycles. The van der Waals surface area contributed by atoms with Crippen LogP contribution in [-0.2, 0) is 14.3 Å². The number of esters is 1. The number of rotatable bonds is 52. The van der Waals surface area contributed by atoms with Crippen LogP contribution in [0.3, 0.4) is 0 Å². The first kappa shape index (κ1) is 62.3. The Morgan fingerprint density at radius 1 is 0.453 bits per heavy atom. The summed E-state index contributed by atoms with van der Waals surface area (Å²) in [6, 6.07) is -0.703. The fraction of sp³-hybridized carbons (Fsp3) is 0.897. The number of hydrogen-bond acceptors (Lipinski definition) is 5. The van der Waals surface area contributed by atoms with Crippen LogP contribution >= 0.6 is 0 Å². The summed E-state index contributed by atoms with van der Waals surface area (Å²) in [7, 11) is 0. The van der Waals surface area contributed by atoms with Crippen LogP contribution in [0.5, 0.6) is 0 Å². The molecule has 0 bridgehead atoms. The molecule has 0 spiro atoms. The molecule has 0 aromatic rings. The van der Waals surface area contributed by atoms with Crippen molar-refractivity contribution in [2.45, 2.75) is 328 Å². The molecule has 0 saturated carbocycles. The van der Waals surface area contributed by atoms with E-state index in [0.717, 1.165) is 57.8 Å². The van der Waals surface area contributed by atoms with Crippen molar-refractivity contribution < 1.29 is 24.5 Å². The molecule has 0 aliphatic rings. The number of carbonyl (C=O) groups excluding carboxylic acids is 2. The topological polar surface area (TPSA) is 95.9 Å². The largest absolute Gasteiger partial charge is 0.462 e. The molecule has 1 amide bonds. The summed E-state index contributed by atoms with van der Waals surface area (Å²) in [6.45, 7) is 6.51. The molecular weight excluding hydrogens is 791 g/mol. The van der Waals surface area contributed by atoms with Gasteiger partial charge >= 0.3 is 5.97 Å². The maximum absolute atomic E-state index is 13.2. The first-order chi connectivity index (χ1) is 31.5. The fourth-order valence-corrected chi connectivity index (χ4v) is 8.95. The van der Waals surface area contributed by atoms with E-state index in [1.165, 1.54) is 205 Å². The Morgan fingerprint density at radius 2 is 0.781 bits per heavy atom. The Hall–Kier alpha value is -1.66. The molecule has 0 saturated heterocycles. The first-order valence-corrected chi connectivity index (χ1v) is 28.6. The van der Waals surface area contributed by atoms with E-state index in [2.05, 4.69) is 50.4 Å². The van der Waals surface area contributed by atoms with Crippen molar-refractivity contribution in [3.63, 3.8) is 0 Å². The second-order valence-electron chi connectivity index (χ2n) is 19.7. The SMILES string of the molecule is CCCCCCCCC/C=C/C=C/CCCCCC(=O)OC(CCCCCCCCCCCCCCC)CC(=O)NC(CO)C(O)CCCCCCCCCCCCCCCCCC. The van der Waals surface area contributed by atoms with Crippen molar-refractivity contribution >= 4 is 11.9 Å². The smallest absolute Gasteiger partial charge is 0.306 e. The maximum atomic E-state index is 13.2. The number of unbranched alkanes of at least 4 members (excludes halogenated alkanes) is 37. The number of carbonyl (C=O) groups is 2. The quantitative estimate of drug-likeness (QED) is 0.0321. The van der Waals surface area contributed by atoms with Gasteiger partial charge < -0.3 is 20.3 Å². The van der Waals surface area contributed by atoms with E-state index < -0.39 is 18.2 Å². The van der Waals surface area contributed by atoms with Crippen molar-refractivity contribution in [3.05, 3.63) is 24.3 Å². The van der Waals surface area contributed by atoms with Gasteiger partial charge in [0.05, 0.1) is 25.2 Å². The minimum absolute atomic E-state index is 0.0730. The molecule has 0 radical (unpaired) electrons. The van der Waals surface area contributed by atoms with Gasteiger partial charge in [-0.25, -0.2) is 0 Å². The number of nitrogens with one attached hydrogen (secondary N) is 1. The Balaban J connectivity index is 4.53. The van der Waals surface area contributed by atoms with Crippen LogP contribution in [0.2, 0.25) is 0 Å². The maximum Gasteiger partial charge on any atom is 0.306 e. The average molecular weight is 903 g/mol. The Labute approximate surface area is 399 Å². The minimum atomic E-state index is -0.788. The highest BCUT2D eigenvalue weighted by Gasteiger charge is 2.24. The standard InChI is InChI=1S/C58H111NO5/c1-4-7-10-13-16-19-22-25-27-29-32-35-38-41-44-47-50-56(61)55(53-60)59-57(62)52-54(49-46-43-40-37-34-31-24-21-18-15-12-9-6-3)64-58(63)51-48-45-42-39-36-33-30-28-26-23-20-17-14-11-8-5-2/h28,30,33,36,54-56,60-61H,4-27,29,31-32,34-35,37-53H2,1-3H3,(H,59,62)/b30-28+,36-33+. The van der Waals surface area contributed by atoms with Crippen molar-refractivity contribution in [3.8, 4) is 0 Å². The Bertz CT molecular complexity index is 1010. The van der Waals surface area contributed by atoms with E-state index in [-0.39, 0.29) is 24.9 Å². The van der Waals surface area contributed by atoms with Gasteiger partial charge in [-0.15, -0.1) is 0 Å². The highest BCUT2D eigenvalue weighted by atomic mass is 16.5.